The monoisotopic (exact) mass is 138 g/mol. The van der Waals surface area contributed by atoms with Gasteiger partial charge in [0.2, 0.25) is 6.29 Å². The van der Waals surface area contributed by atoms with Crippen LogP contribution in [0.15, 0.2) is 23.0 Å². The summed E-state index contributed by atoms with van der Waals surface area (Å²) in [5, 5.41) is 0. The van der Waals surface area contributed by atoms with Crippen molar-refractivity contribution in [1.82, 2.24) is 0 Å². The molecule has 1 aromatic rings. The molecule has 2 N–H and O–H groups in total. The molecule has 0 bridgehead atoms. The average molecular weight is 138 g/mol. The highest BCUT2D eigenvalue weighted by atomic mass is 16.3. The highest BCUT2D eigenvalue weighted by Gasteiger charge is 2.21. The third-order valence-corrected chi connectivity index (χ3v) is 1.33. The number of nitrogens with two attached hydrogens (primary N) is 1. The summed E-state index contributed by atoms with van der Waals surface area (Å²) in [5.41, 5.74) is 5.10. The number of hydrogen-bond donors (Lipinski definition) is 1. The first-order chi connectivity index (χ1) is 4.67. The molecule has 0 saturated heterocycles. The Morgan fingerprint density at radius 2 is 2.50 bits per heavy atom. The Morgan fingerprint density at radius 3 is 2.90 bits per heavy atom. The fourth-order valence-corrected chi connectivity index (χ4v) is 0.619. The van der Waals surface area contributed by atoms with Crippen LogP contribution in [-0.2, 0) is 10.3 Å². The zero-order chi connectivity index (χ0) is 7.61. The van der Waals surface area contributed by atoms with E-state index in [9.17, 15) is 4.79 Å². The minimum absolute atomic E-state index is 0.641. The minimum atomic E-state index is -1.03. The van der Waals surface area contributed by atoms with Gasteiger partial charge in [0.1, 0.15) is 5.54 Å². The van der Waals surface area contributed by atoms with Crippen molar-refractivity contribution in [3.05, 3.63) is 24.2 Å². The van der Waals surface area contributed by atoms with Gasteiger partial charge in [0.15, 0.2) is 0 Å². The molecule has 0 spiro atoms. The molecule has 1 aromatic heterocycles. The van der Waals surface area contributed by atoms with Crippen LogP contribution in [0.5, 0.6) is 0 Å². The SMILES string of the molecule is CC(N)([C]=O)c1ccoc1. The Labute approximate surface area is 58.8 Å². The molecule has 53 valence electrons. The van der Waals surface area contributed by atoms with Crippen LogP contribution in [-0.4, -0.2) is 6.29 Å². The van der Waals surface area contributed by atoms with Gasteiger partial charge in [-0.25, -0.2) is 0 Å². The molecule has 0 aliphatic rings. The maximum absolute atomic E-state index is 10.2. The lowest BCUT2D eigenvalue weighted by molar-refractivity contribution is 0.502. The summed E-state index contributed by atoms with van der Waals surface area (Å²) in [6.45, 7) is 1.57. The largest absolute Gasteiger partial charge is 0.472 e. The Kier molecular flexibility index (Phi) is 1.59. The van der Waals surface area contributed by atoms with Crippen LogP contribution in [0.25, 0.3) is 0 Å². The van der Waals surface area contributed by atoms with Crippen molar-refractivity contribution in [3.8, 4) is 0 Å². The van der Waals surface area contributed by atoms with Gasteiger partial charge < -0.3 is 10.2 Å². The molecule has 0 aromatic carbocycles. The molecule has 0 amide bonds. The fourth-order valence-electron chi connectivity index (χ4n) is 0.619. The molecule has 1 rings (SSSR count). The van der Waals surface area contributed by atoms with Crippen molar-refractivity contribution >= 4 is 6.29 Å². The van der Waals surface area contributed by atoms with E-state index >= 15 is 0 Å². The second-order valence-electron chi connectivity index (χ2n) is 2.32. The Balaban J connectivity index is 2.95. The predicted molar refractivity (Wildman–Crippen MR) is 35.9 cm³/mol. The van der Waals surface area contributed by atoms with E-state index in [4.69, 9.17) is 10.2 Å². The van der Waals surface area contributed by atoms with E-state index in [1.807, 2.05) is 0 Å². The summed E-state index contributed by atoms with van der Waals surface area (Å²) in [4.78, 5) is 10.2. The van der Waals surface area contributed by atoms with Gasteiger partial charge in [-0.1, -0.05) is 0 Å². The average Bonchev–Trinajstić information content (AvgIpc) is 2.38. The molecule has 1 atom stereocenters. The van der Waals surface area contributed by atoms with E-state index in [-0.39, 0.29) is 0 Å². The second-order valence-corrected chi connectivity index (χ2v) is 2.32. The Bertz CT molecular complexity index is 214. The van der Waals surface area contributed by atoms with Crippen LogP contribution in [0.2, 0.25) is 0 Å². The smallest absolute Gasteiger partial charge is 0.224 e. The highest BCUT2D eigenvalue weighted by Crippen LogP contribution is 2.14. The molecule has 0 aliphatic carbocycles. The summed E-state index contributed by atoms with van der Waals surface area (Å²) < 4.78 is 4.74. The number of hydrogen-bond acceptors (Lipinski definition) is 3. The summed E-state index contributed by atoms with van der Waals surface area (Å²) in [5.74, 6) is 0. The molecule has 3 heteroatoms. The van der Waals surface area contributed by atoms with Crippen LogP contribution < -0.4 is 5.73 Å². The predicted octanol–water partition coefficient (Wildman–Crippen LogP) is 0.563. The molecule has 3 nitrogen and oxygen atoms in total. The van der Waals surface area contributed by atoms with E-state index in [1.54, 1.807) is 19.3 Å². The summed E-state index contributed by atoms with van der Waals surface area (Å²) in [6, 6.07) is 1.64. The molecular formula is C7H8NO2. The topological polar surface area (TPSA) is 56.2 Å². The Morgan fingerprint density at radius 1 is 1.80 bits per heavy atom. The van der Waals surface area contributed by atoms with Crippen molar-refractivity contribution in [2.45, 2.75) is 12.5 Å². The zero-order valence-corrected chi connectivity index (χ0v) is 5.63. The minimum Gasteiger partial charge on any atom is -0.472 e. The normalized spacial score (nSPS) is 16.2. The fraction of sp³-hybridized carbons (Fsp3) is 0.286. The van der Waals surface area contributed by atoms with Gasteiger partial charge >= 0.3 is 0 Å². The maximum Gasteiger partial charge on any atom is 0.224 e. The van der Waals surface area contributed by atoms with Crippen LogP contribution in [0.4, 0.5) is 0 Å². The molecule has 10 heavy (non-hydrogen) atoms. The molecule has 0 fully saturated rings. The lowest BCUT2D eigenvalue weighted by Crippen LogP contribution is -2.33. The quantitative estimate of drug-likeness (QED) is 0.649. The van der Waals surface area contributed by atoms with E-state index < -0.39 is 5.54 Å². The van der Waals surface area contributed by atoms with Gasteiger partial charge in [-0.2, -0.15) is 0 Å². The van der Waals surface area contributed by atoms with Crippen LogP contribution in [0, 0.1) is 0 Å². The molecule has 0 aliphatic heterocycles. The molecule has 0 saturated carbocycles. The van der Waals surface area contributed by atoms with E-state index in [2.05, 4.69) is 0 Å². The third-order valence-electron chi connectivity index (χ3n) is 1.33. The summed E-state index contributed by atoms with van der Waals surface area (Å²) in [6.07, 6.45) is 4.62. The maximum atomic E-state index is 10.2. The van der Waals surface area contributed by atoms with Gasteiger partial charge in [-0.15, -0.1) is 0 Å². The summed E-state index contributed by atoms with van der Waals surface area (Å²) in [7, 11) is 0. The summed E-state index contributed by atoms with van der Waals surface area (Å²) >= 11 is 0. The van der Waals surface area contributed by atoms with E-state index in [1.165, 1.54) is 12.5 Å². The van der Waals surface area contributed by atoms with Gasteiger partial charge in [0.25, 0.3) is 0 Å². The van der Waals surface area contributed by atoms with E-state index in [0.717, 1.165) is 0 Å². The first kappa shape index (κ1) is 7.02. The lowest BCUT2D eigenvalue weighted by atomic mass is 9.99. The number of carbonyl (C=O) groups excluding carboxylic acids is 1. The standard InChI is InChI=1S/C7H8NO2/c1-7(8,5-9)6-2-3-10-4-6/h2-4H,8H2,1H3. The van der Waals surface area contributed by atoms with Crippen LogP contribution in [0.3, 0.4) is 0 Å². The van der Waals surface area contributed by atoms with Gasteiger partial charge in [-0.05, 0) is 13.0 Å². The van der Waals surface area contributed by atoms with Crippen LogP contribution >= 0.6 is 0 Å². The van der Waals surface area contributed by atoms with Crippen molar-refractivity contribution in [3.63, 3.8) is 0 Å². The van der Waals surface area contributed by atoms with Gasteiger partial charge in [0.05, 0.1) is 12.5 Å². The first-order valence-electron chi connectivity index (χ1n) is 2.87. The molecular weight excluding hydrogens is 130 g/mol. The molecule has 1 unspecified atom stereocenters. The second kappa shape index (κ2) is 2.27. The van der Waals surface area contributed by atoms with Crippen molar-refractivity contribution in [2.24, 2.45) is 5.73 Å². The lowest BCUT2D eigenvalue weighted by Gasteiger charge is -2.11. The molecule has 1 radical (unpaired) electrons. The third kappa shape index (κ3) is 1.09. The number of rotatable bonds is 2. The number of furan rings is 1. The van der Waals surface area contributed by atoms with E-state index in [0.29, 0.717) is 5.56 Å². The van der Waals surface area contributed by atoms with Crippen molar-refractivity contribution in [2.75, 3.05) is 0 Å². The van der Waals surface area contributed by atoms with Crippen molar-refractivity contribution < 1.29 is 9.21 Å². The first-order valence-corrected chi connectivity index (χ1v) is 2.87. The molecule has 1 heterocycles. The van der Waals surface area contributed by atoms with Gasteiger partial charge in [0, 0.05) is 5.56 Å². The zero-order valence-electron chi connectivity index (χ0n) is 5.63. The van der Waals surface area contributed by atoms with Crippen LogP contribution in [0.1, 0.15) is 12.5 Å². The Hall–Kier alpha value is -1.09. The van der Waals surface area contributed by atoms with Gasteiger partial charge in [-0.3, -0.25) is 4.79 Å². The van der Waals surface area contributed by atoms with Crippen molar-refractivity contribution in [1.29, 1.82) is 0 Å². The highest BCUT2D eigenvalue weighted by molar-refractivity contribution is 5.66.